The molecule has 2 aliphatic rings. The van der Waals surface area contributed by atoms with E-state index in [9.17, 15) is 4.79 Å². The number of nitrogens with one attached hydrogen (secondary N) is 2. The second-order valence-electron chi connectivity index (χ2n) is 11.1. The van der Waals surface area contributed by atoms with Gasteiger partial charge < -0.3 is 48.5 Å². The van der Waals surface area contributed by atoms with Crippen molar-refractivity contribution in [3.05, 3.63) is 59.7 Å². The fourth-order valence-corrected chi connectivity index (χ4v) is 5.45. The summed E-state index contributed by atoms with van der Waals surface area (Å²) in [4.78, 5) is 12.2. The lowest BCUT2D eigenvalue weighted by molar-refractivity contribution is -0.0306. The van der Waals surface area contributed by atoms with Crippen molar-refractivity contribution in [3.63, 3.8) is 0 Å². The Kier molecular flexibility index (Phi) is 18.0. The summed E-state index contributed by atoms with van der Waals surface area (Å²) in [6, 6.07) is 16.6. The molecular formula is C35H52N2O9. The Labute approximate surface area is 273 Å². The van der Waals surface area contributed by atoms with Gasteiger partial charge in [0.25, 0.3) is 0 Å². The third-order valence-electron chi connectivity index (χ3n) is 7.81. The fourth-order valence-electron chi connectivity index (χ4n) is 5.45. The summed E-state index contributed by atoms with van der Waals surface area (Å²) in [6.45, 7) is 9.82. The summed E-state index contributed by atoms with van der Waals surface area (Å²) >= 11 is 0. The number of hydrogen-bond acceptors (Lipinski definition) is 10. The minimum Gasteiger partial charge on any atom is -0.449 e. The molecule has 1 aliphatic carbocycles. The van der Waals surface area contributed by atoms with Crippen LogP contribution in [0.4, 0.5) is 4.79 Å². The Morgan fingerprint density at radius 2 is 1.09 bits per heavy atom. The molecule has 256 valence electrons. The van der Waals surface area contributed by atoms with Gasteiger partial charge in [-0.15, -0.1) is 0 Å². The van der Waals surface area contributed by atoms with E-state index in [0.29, 0.717) is 112 Å². The zero-order chi connectivity index (χ0) is 31.9. The summed E-state index contributed by atoms with van der Waals surface area (Å²) in [7, 11) is 0. The molecule has 11 nitrogen and oxygen atoms in total. The van der Waals surface area contributed by atoms with Gasteiger partial charge in [0, 0.05) is 19.1 Å². The average molecular weight is 645 g/mol. The van der Waals surface area contributed by atoms with Crippen molar-refractivity contribution in [1.29, 1.82) is 0 Å². The number of alkyl carbamates (subject to hydrolysis) is 1. The highest BCUT2D eigenvalue weighted by molar-refractivity contribution is 5.79. The average Bonchev–Trinajstić information content (AvgIpc) is 3.41. The third kappa shape index (κ3) is 13.6. The number of rotatable bonds is 25. The van der Waals surface area contributed by atoms with Crippen molar-refractivity contribution in [3.8, 4) is 11.1 Å². The van der Waals surface area contributed by atoms with Crippen LogP contribution in [-0.2, 0) is 37.9 Å². The maximum atomic E-state index is 12.2. The van der Waals surface area contributed by atoms with Gasteiger partial charge in [0.05, 0.1) is 85.4 Å². The van der Waals surface area contributed by atoms with Gasteiger partial charge in [0.2, 0.25) is 0 Å². The van der Waals surface area contributed by atoms with Crippen LogP contribution in [0.3, 0.4) is 0 Å². The second-order valence-corrected chi connectivity index (χ2v) is 11.1. The van der Waals surface area contributed by atoms with E-state index in [4.69, 9.17) is 37.9 Å². The van der Waals surface area contributed by atoms with Crippen molar-refractivity contribution >= 4 is 6.09 Å². The Morgan fingerprint density at radius 3 is 1.61 bits per heavy atom. The van der Waals surface area contributed by atoms with Crippen molar-refractivity contribution in [2.24, 2.45) is 0 Å². The van der Waals surface area contributed by atoms with Gasteiger partial charge in [-0.2, -0.15) is 0 Å². The van der Waals surface area contributed by atoms with Crippen molar-refractivity contribution in [1.82, 2.24) is 10.6 Å². The molecule has 0 spiro atoms. The molecule has 11 heteroatoms. The predicted molar refractivity (Wildman–Crippen MR) is 174 cm³/mol. The highest BCUT2D eigenvalue weighted by atomic mass is 16.6. The normalized spacial score (nSPS) is 14.7. The van der Waals surface area contributed by atoms with E-state index in [2.05, 4.69) is 34.9 Å². The highest BCUT2D eigenvalue weighted by Gasteiger charge is 2.28. The molecule has 1 saturated heterocycles. The highest BCUT2D eigenvalue weighted by Crippen LogP contribution is 2.44. The number of amides is 1. The van der Waals surface area contributed by atoms with E-state index in [-0.39, 0.29) is 5.92 Å². The first-order chi connectivity index (χ1) is 22.8. The van der Waals surface area contributed by atoms with Gasteiger partial charge in [-0.25, -0.2) is 4.79 Å². The first-order valence-electron chi connectivity index (χ1n) is 16.7. The molecule has 2 aromatic carbocycles. The number of benzene rings is 2. The molecule has 1 fully saturated rings. The molecule has 0 aromatic heterocycles. The van der Waals surface area contributed by atoms with E-state index < -0.39 is 6.09 Å². The summed E-state index contributed by atoms with van der Waals surface area (Å²) in [5, 5.41) is 6.14. The van der Waals surface area contributed by atoms with Crippen LogP contribution in [0.25, 0.3) is 11.1 Å². The number of piperidine rings is 1. The molecule has 0 radical (unpaired) electrons. The van der Waals surface area contributed by atoms with Gasteiger partial charge in [0.1, 0.15) is 6.61 Å². The van der Waals surface area contributed by atoms with Crippen LogP contribution in [0, 0.1) is 0 Å². The Hall–Kier alpha value is -2.61. The van der Waals surface area contributed by atoms with E-state index in [0.717, 1.165) is 25.9 Å². The first-order valence-corrected chi connectivity index (χ1v) is 16.7. The predicted octanol–water partition coefficient (Wildman–Crippen LogP) is 3.78. The van der Waals surface area contributed by atoms with Crippen LogP contribution >= 0.6 is 0 Å². The van der Waals surface area contributed by atoms with Crippen LogP contribution in [-0.4, -0.2) is 124 Å². The summed E-state index contributed by atoms with van der Waals surface area (Å²) in [5.74, 6) is 0.0573. The van der Waals surface area contributed by atoms with Crippen LogP contribution in [0.2, 0.25) is 0 Å². The molecule has 0 atom stereocenters. The quantitative estimate of drug-likeness (QED) is 0.155. The molecule has 0 unspecified atom stereocenters. The molecular weight excluding hydrogens is 592 g/mol. The molecule has 2 aromatic rings. The van der Waals surface area contributed by atoms with Crippen LogP contribution in [0.5, 0.6) is 0 Å². The zero-order valence-corrected chi connectivity index (χ0v) is 27.1. The lowest BCUT2D eigenvalue weighted by Crippen LogP contribution is -2.33. The molecule has 0 bridgehead atoms. The minimum absolute atomic E-state index is 0.0573. The lowest BCUT2D eigenvalue weighted by atomic mass is 9.98. The van der Waals surface area contributed by atoms with E-state index in [1.807, 2.05) is 24.3 Å². The third-order valence-corrected chi connectivity index (χ3v) is 7.81. The van der Waals surface area contributed by atoms with Gasteiger partial charge in [0.15, 0.2) is 0 Å². The SMILES string of the molecule is O=C(NCCCOCCOCCOCCOCCOCCOCCOC1CCNCC1)OCC1c2ccccc2-c2ccccc21. The number of carbonyl (C=O) groups is 1. The molecule has 1 heterocycles. The van der Waals surface area contributed by atoms with E-state index in [1.54, 1.807) is 0 Å². The molecule has 1 aliphatic heterocycles. The number of hydrogen-bond donors (Lipinski definition) is 2. The largest absolute Gasteiger partial charge is 0.449 e. The Balaban J connectivity index is 0.843. The van der Waals surface area contributed by atoms with Crippen LogP contribution in [0.15, 0.2) is 48.5 Å². The minimum atomic E-state index is -0.408. The summed E-state index contributed by atoms with van der Waals surface area (Å²) in [5.41, 5.74) is 4.83. The Bertz CT molecular complexity index is 1050. The molecule has 0 saturated carbocycles. The van der Waals surface area contributed by atoms with Crippen molar-refractivity contribution < 1.29 is 42.7 Å². The zero-order valence-electron chi connectivity index (χ0n) is 27.1. The maximum absolute atomic E-state index is 12.2. The topological polar surface area (TPSA) is 115 Å². The van der Waals surface area contributed by atoms with E-state index in [1.165, 1.54) is 22.3 Å². The van der Waals surface area contributed by atoms with Gasteiger partial charge in [-0.3, -0.25) is 0 Å². The molecule has 1 amide bonds. The van der Waals surface area contributed by atoms with Crippen molar-refractivity contribution in [2.45, 2.75) is 31.3 Å². The smallest absolute Gasteiger partial charge is 0.407 e. The summed E-state index contributed by atoms with van der Waals surface area (Å²) < 4.78 is 44.5. The maximum Gasteiger partial charge on any atom is 0.407 e. The monoisotopic (exact) mass is 644 g/mol. The number of carbonyl (C=O) groups excluding carboxylic acids is 1. The van der Waals surface area contributed by atoms with Crippen LogP contribution < -0.4 is 10.6 Å². The fraction of sp³-hybridized carbons (Fsp3) is 0.629. The Morgan fingerprint density at radius 1 is 0.630 bits per heavy atom. The van der Waals surface area contributed by atoms with Gasteiger partial charge in [-0.05, 0) is 54.6 Å². The molecule has 46 heavy (non-hydrogen) atoms. The second kappa shape index (κ2) is 22.8. The van der Waals surface area contributed by atoms with Crippen LogP contribution in [0.1, 0.15) is 36.3 Å². The van der Waals surface area contributed by atoms with Crippen molar-refractivity contribution in [2.75, 3.05) is 112 Å². The number of fused-ring (bicyclic) bond motifs is 3. The summed E-state index contributed by atoms with van der Waals surface area (Å²) in [6.07, 6.45) is 2.81. The van der Waals surface area contributed by atoms with E-state index >= 15 is 0 Å². The first kappa shape index (κ1) is 36.2. The standard InChI is InChI=1S/C35H52N2O9/c38-35(46-28-34-32-8-3-1-6-30(32)31-7-2-4-9-33(31)34)37-12-5-15-39-16-17-40-18-19-41-20-21-42-22-23-43-24-25-44-26-27-45-29-10-13-36-14-11-29/h1-4,6-9,29,34,36H,5,10-28H2,(H,37,38). The molecule has 2 N–H and O–H groups in total. The van der Waals surface area contributed by atoms with Gasteiger partial charge >= 0.3 is 6.09 Å². The lowest BCUT2D eigenvalue weighted by Gasteiger charge is -2.22. The molecule has 4 rings (SSSR count). The van der Waals surface area contributed by atoms with Gasteiger partial charge in [-0.1, -0.05) is 48.5 Å². The number of ether oxygens (including phenoxy) is 8.